The number of pyridine rings is 1. The minimum Gasteiger partial charge on any atom is -0.260 e. The second-order valence-corrected chi connectivity index (χ2v) is 6.00. The fourth-order valence-corrected chi connectivity index (χ4v) is 1.71. The second kappa shape index (κ2) is 4.72. The third-order valence-corrected chi connectivity index (χ3v) is 3.97. The molecule has 0 bridgehead atoms. The molecular weight excluding hydrogens is 212 g/mol. The lowest BCUT2D eigenvalue weighted by Gasteiger charge is -2.10. The largest absolute Gasteiger partial charge is 0.260 e. The number of aromatic nitrogens is 1. The highest BCUT2D eigenvalue weighted by Gasteiger charge is 2.15. The van der Waals surface area contributed by atoms with Crippen LogP contribution in [0.2, 0.25) is 0 Å². The van der Waals surface area contributed by atoms with Crippen LogP contribution in [-0.4, -0.2) is 18.7 Å². The van der Waals surface area contributed by atoms with Gasteiger partial charge >= 0.3 is 0 Å². The molecule has 1 aromatic heterocycles. The molecule has 1 N–H and O–H groups in total. The summed E-state index contributed by atoms with van der Waals surface area (Å²) >= 11 is 0. The predicted octanol–water partition coefficient (Wildman–Crippen LogP) is 1.22. The van der Waals surface area contributed by atoms with Crippen LogP contribution in [0.3, 0.4) is 0 Å². The minimum absolute atomic E-state index is 0.257. The lowest BCUT2D eigenvalue weighted by Crippen LogP contribution is -2.30. The molecule has 1 rings (SSSR count). The van der Waals surface area contributed by atoms with Crippen LogP contribution in [0.5, 0.6) is 0 Å². The smallest absolute Gasteiger partial charge is 0.214 e. The Morgan fingerprint density at radius 1 is 1.47 bits per heavy atom. The molecule has 0 aromatic carbocycles. The van der Waals surface area contributed by atoms with Crippen molar-refractivity contribution in [2.75, 3.05) is 0 Å². The summed E-state index contributed by atoms with van der Waals surface area (Å²) in [5, 5.41) is -0.415. The van der Waals surface area contributed by atoms with Crippen LogP contribution in [0.15, 0.2) is 18.3 Å². The summed E-state index contributed by atoms with van der Waals surface area (Å²) in [4.78, 5) is 4.11. The number of sulfonamides is 1. The maximum atomic E-state index is 11.5. The number of hydrogen-bond donors (Lipinski definition) is 1. The van der Waals surface area contributed by atoms with Crippen LogP contribution in [0.25, 0.3) is 0 Å². The molecule has 0 unspecified atom stereocenters. The van der Waals surface area contributed by atoms with E-state index in [0.717, 1.165) is 11.3 Å². The molecule has 0 aliphatic carbocycles. The zero-order valence-corrected chi connectivity index (χ0v) is 10.0. The molecule has 1 heterocycles. The molecule has 84 valence electrons. The van der Waals surface area contributed by atoms with Crippen LogP contribution < -0.4 is 4.72 Å². The first kappa shape index (κ1) is 12.1. The summed E-state index contributed by atoms with van der Waals surface area (Å²) in [6.45, 7) is 5.46. The minimum atomic E-state index is -3.20. The van der Waals surface area contributed by atoms with Gasteiger partial charge in [-0.05, 0) is 32.4 Å². The molecule has 0 amide bonds. The van der Waals surface area contributed by atoms with Crippen molar-refractivity contribution in [1.29, 1.82) is 0 Å². The quantitative estimate of drug-likeness (QED) is 0.843. The van der Waals surface area contributed by atoms with E-state index in [-0.39, 0.29) is 6.54 Å². The van der Waals surface area contributed by atoms with Gasteiger partial charge in [0.05, 0.1) is 17.5 Å². The fraction of sp³-hybridized carbons (Fsp3) is 0.500. The summed E-state index contributed by atoms with van der Waals surface area (Å²) in [6.07, 6.45) is 1.66. The van der Waals surface area contributed by atoms with E-state index in [1.165, 1.54) is 0 Å². The summed E-state index contributed by atoms with van der Waals surface area (Å²) in [7, 11) is -3.20. The Hall–Kier alpha value is -0.940. The van der Waals surface area contributed by atoms with Crippen LogP contribution in [-0.2, 0) is 16.6 Å². The molecule has 0 saturated heterocycles. The van der Waals surface area contributed by atoms with Crippen molar-refractivity contribution in [2.45, 2.75) is 32.6 Å². The third-order valence-electron chi connectivity index (χ3n) is 2.18. The Kier molecular flexibility index (Phi) is 3.82. The maximum absolute atomic E-state index is 11.5. The Morgan fingerprint density at radius 2 is 2.13 bits per heavy atom. The summed E-state index contributed by atoms with van der Waals surface area (Å²) in [5.41, 5.74) is 1.76. The Morgan fingerprint density at radius 3 is 2.67 bits per heavy atom. The molecule has 0 atom stereocenters. The van der Waals surface area contributed by atoms with Crippen molar-refractivity contribution in [3.63, 3.8) is 0 Å². The summed E-state index contributed by atoms with van der Waals surface area (Å²) < 4.78 is 25.5. The lowest BCUT2D eigenvalue weighted by atomic mass is 10.2. The molecule has 5 heteroatoms. The lowest BCUT2D eigenvalue weighted by molar-refractivity contribution is 0.571. The van der Waals surface area contributed by atoms with Gasteiger partial charge in [0.1, 0.15) is 0 Å². The molecule has 0 spiro atoms. The molecule has 0 fully saturated rings. The van der Waals surface area contributed by atoms with Crippen molar-refractivity contribution in [3.05, 3.63) is 29.6 Å². The van der Waals surface area contributed by atoms with E-state index in [0.29, 0.717) is 0 Å². The third kappa shape index (κ3) is 3.28. The van der Waals surface area contributed by atoms with E-state index in [4.69, 9.17) is 0 Å². The first-order valence-corrected chi connectivity index (χ1v) is 6.37. The van der Waals surface area contributed by atoms with Crippen LogP contribution in [0.4, 0.5) is 0 Å². The van der Waals surface area contributed by atoms with Crippen molar-refractivity contribution >= 4 is 10.0 Å². The van der Waals surface area contributed by atoms with Gasteiger partial charge in [0.25, 0.3) is 0 Å². The average molecular weight is 228 g/mol. The number of rotatable bonds is 4. The monoisotopic (exact) mass is 228 g/mol. The molecule has 1 aromatic rings. The van der Waals surface area contributed by atoms with Gasteiger partial charge in [-0.15, -0.1) is 0 Å². The topological polar surface area (TPSA) is 59.1 Å². The van der Waals surface area contributed by atoms with Crippen molar-refractivity contribution in [3.8, 4) is 0 Å². The molecule has 0 radical (unpaired) electrons. The molecular formula is C10H16N2O2S. The van der Waals surface area contributed by atoms with Crippen LogP contribution >= 0.6 is 0 Å². The van der Waals surface area contributed by atoms with E-state index in [9.17, 15) is 8.42 Å². The molecule has 0 saturated carbocycles. The highest BCUT2D eigenvalue weighted by molar-refractivity contribution is 7.90. The molecule has 0 aliphatic rings. The molecule has 15 heavy (non-hydrogen) atoms. The van der Waals surface area contributed by atoms with Crippen molar-refractivity contribution in [2.24, 2.45) is 0 Å². The van der Waals surface area contributed by atoms with Crippen LogP contribution in [0.1, 0.15) is 25.1 Å². The van der Waals surface area contributed by atoms with Gasteiger partial charge in [0, 0.05) is 6.20 Å². The standard InChI is InChI=1S/C10H16N2O2S/c1-8(2)15(13,14)12-7-10-9(3)5-4-6-11-10/h4-6,8,12H,7H2,1-3H3. The van der Waals surface area contributed by atoms with Gasteiger partial charge in [-0.1, -0.05) is 6.07 Å². The van der Waals surface area contributed by atoms with E-state index >= 15 is 0 Å². The van der Waals surface area contributed by atoms with Gasteiger partial charge in [-0.25, -0.2) is 13.1 Å². The number of nitrogens with zero attached hydrogens (tertiary/aromatic N) is 1. The van der Waals surface area contributed by atoms with E-state index in [1.54, 1.807) is 20.0 Å². The Bertz CT molecular complexity index is 427. The first-order valence-electron chi connectivity index (χ1n) is 4.82. The Labute approximate surface area is 90.8 Å². The SMILES string of the molecule is Cc1cccnc1CNS(=O)(=O)C(C)C. The zero-order valence-electron chi connectivity index (χ0n) is 9.19. The van der Waals surface area contributed by atoms with Gasteiger partial charge < -0.3 is 0 Å². The van der Waals surface area contributed by atoms with E-state index in [2.05, 4.69) is 9.71 Å². The van der Waals surface area contributed by atoms with Crippen molar-refractivity contribution in [1.82, 2.24) is 9.71 Å². The highest BCUT2D eigenvalue weighted by atomic mass is 32.2. The predicted molar refractivity (Wildman–Crippen MR) is 59.9 cm³/mol. The molecule has 0 aliphatic heterocycles. The van der Waals surface area contributed by atoms with E-state index in [1.807, 2.05) is 19.1 Å². The average Bonchev–Trinajstić information content (AvgIpc) is 2.16. The van der Waals surface area contributed by atoms with Gasteiger partial charge in [0.2, 0.25) is 10.0 Å². The zero-order chi connectivity index (χ0) is 11.5. The summed E-state index contributed by atoms with van der Waals surface area (Å²) in [5.74, 6) is 0. The van der Waals surface area contributed by atoms with Crippen LogP contribution in [0, 0.1) is 6.92 Å². The number of nitrogens with one attached hydrogen (secondary N) is 1. The second-order valence-electron chi connectivity index (χ2n) is 3.68. The van der Waals surface area contributed by atoms with Gasteiger partial charge in [-0.3, -0.25) is 4.98 Å². The number of aryl methyl sites for hydroxylation is 1. The Balaban J connectivity index is 2.70. The van der Waals surface area contributed by atoms with Crippen molar-refractivity contribution < 1.29 is 8.42 Å². The van der Waals surface area contributed by atoms with Gasteiger partial charge in [0.15, 0.2) is 0 Å². The normalized spacial score (nSPS) is 12.0. The molecule has 4 nitrogen and oxygen atoms in total. The number of hydrogen-bond acceptors (Lipinski definition) is 3. The fourth-order valence-electron chi connectivity index (χ4n) is 1.04. The maximum Gasteiger partial charge on any atom is 0.214 e. The van der Waals surface area contributed by atoms with Gasteiger partial charge in [-0.2, -0.15) is 0 Å². The first-order chi connectivity index (χ1) is 6.93. The highest BCUT2D eigenvalue weighted by Crippen LogP contribution is 2.04. The summed E-state index contributed by atoms with van der Waals surface area (Å²) in [6, 6.07) is 3.74. The van der Waals surface area contributed by atoms with E-state index < -0.39 is 15.3 Å².